The summed E-state index contributed by atoms with van der Waals surface area (Å²) in [5.41, 5.74) is 0.708. The van der Waals surface area contributed by atoms with Gasteiger partial charge in [0.15, 0.2) is 6.29 Å². The van der Waals surface area contributed by atoms with Crippen LogP contribution >= 0.6 is 0 Å². The molecule has 0 atom stereocenters. The van der Waals surface area contributed by atoms with Crippen molar-refractivity contribution in [3.05, 3.63) is 29.8 Å². The first kappa shape index (κ1) is 10.6. The smallest absolute Gasteiger partial charge is 0.402 e. The Bertz CT molecular complexity index is 343. The van der Waals surface area contributed by atoms with E-state index in [-0.39, 0.29) is 5.46 Å². The van der Waals surface area contributed by atoms with Crippen molar-refractivity contribution in [2.75, 3.05) is 13.2 Å². The standard InChI is InChI=1S/C9H12BO5/c11-10(12,13)8-3-1-2-7(6-8)9-14-4-5-15-9/h1-3,6,9,11-13H,4-5H2/q-1. The van der Waals surface area contributed by atoms with E-state index in [2.05, 4.69) is 0 Å². The van der Waals surface area contributed by atoms with Gasteiger partial charge in [-0.2, -0.15) is 0 Å². The number of hydrogen-bond donors (Lipinski definition) is 3. The van der Waals surface area contributed by atoms with Gasteiger partial charge in [0.1, 0.15) is 0 Å². The summed E-state index contributed by atoms with van der Waals surface area (Å²) in [6.07, 6.45) is -0.483. The Morgan fingerprint density at radius 1 is 1.13 bits per heavy atom. The molecule has 2 rings (SSSR count). The van der Waals surface area contributed by atoms with Crippen LogP contribution in [0.15, 0.2) is 24.3 Å². The first-order valence-electron chi connectivity index (χ1n) is 4.72. The summed E-state index contributed by atoms with van der Waals surface area (Å²) in [6, 6.07) is 6.23. The van der Waals surface area contributed by atoms with Crippen LogP contribution in [0.25, 0.3) is 0 Å². The highest BCUT2D eigenvalue weighted by Crippen LogP contribution is 2.22. The highest BCUT2D eigenvalue weighted by atomic mass is 16.7. The molecule has 0 saturated carbocycles. The van der Waals surface area contributed by atoms with Gasteiger partial charge >= 0.3 is 6.75 Å². The van der Waals surface area contributed by atoms with Crippen molar-refractivity contribution < 1.29 is 24.5 Å². The first-order valence-corrected chi connectivity index (χ1v) is 4.72. The molecule has 5 nitrogen and oxygen atoms in total. The predicted molar refractivity (Wildman–Crippen MR) is 53.1 cm³/mol. The molecule has 3 N–H and O–H groups in total. The lowest BCUT2D eigenvalue weighted by molar-refractivity contribution is -0.0440. The monoisotopic (exact) mass is 211 g/mol. The van der Waals surface area contributed by atoms with Crippen LogP contribution in [0, 0.1) is 0 Å². The second-order valence-electron chi connectivity index (χ2n) is 3.48. The fraction of sp³-hybridized carbons (Fsp3) is 0.333. The van der Waals surface area contributed by atoms with Gasteiger partial charge in [-0.25, -0.2) is 0 Å². The third kappa shape index (κ3) is 2.36. The summed E-state index contributed by atoms with van der Waals surface area (Å²) >= 11 is 0. The van der Waals surface area contributed by atoms with Gasteiger partial charge in [0.25, 0.3) is 0 Å². The molecule has 0 aliphatic carbocycles. The Labute approximate surface area is 86.9 Å². The summed E-state index contributed by atoms with van der Waals surface area (Å²) in [5, 5.41) is 27.1. The van der Waals surface area contributed by atoms with Crippen molar-refractivity contribution in [1.29, 1.82) is 0 Å². The van der Waals surface area contributed by atoms with Crippen molar-refractivity contribution in [1.82, 2.24) is 0 Å². The maximum Gasteiger partial charge on any atom is 0.402 e. The van der Waals surface area contributed by atoms with Gasteiger partial charge in [0.2, 0.25) is 0 Å². The van der Waals surface area contributed by atoms with Crippen LogP contribution < -0.4 is 5.46 Å². The topological polar surface area (TPSA) is 79.2 Å². The van der Waals surface area contributed by atoms with E-state index < -0.39 is 13.0 Å². The number of ether oxygens (including phenoxy) is 2. The van der Waals surface area contributed by atoms with Gasteiger partial charge in [-0.15, -0.1) is 5.46 Å². The Morgan fingerprint density at radius 2 is 1.80 bits per heavy atom. The highest BCUT2D eigenvalue weighted by molar-refractivity contribution is 6.71. The molecule has 0 amide bonds. The van der Waals surface area contributed by atoms with Crippen molar-refractivity contribution in [2.24, 2.45) is 0 Å². The Balaban J connectivity index is 2.26. The Hall–Kier alpha value is -0.915. The summed E-state index contributed by atoms with van der Waals surface area (Å²) in [7, 11) is 0. The lowest BCUT2D eigenvalue weighted by Crippen LogP contribution is -2.48. The minimum atomic E-state index is -3.46. The molecular formula is C9H12BO5-. The molecule has 1 saturated heterocycles. The van der Waals surface area contributed by atoms with Crippen molar-refractivity contribution in [3.63, 3.8) is 0 Å². The lowest BCUT2D eigenvalue weighted by Gasteiger charge is -2.22. The number of benzene rings is 1. The molecule has 1 aliphatic rings. The molecule has 0 radical (unpaired) electrons. The van der Waals surface area contributed by atoms with Crippen molar-refractivity contribution in [3.8, 4) is 0 Å². The van der Waals surface area contributed by atoms with Crippen LogP contribution in [0.5, 0.6) is 0 Å². The summed E-state index contributed by atoms with van der Waals surface area (Å²) < 4.78 is 10.5. The SMILES string of the molecule is O[B-](O)(O)c1cccc(C2OCCO2)c1. The molecule has 15 heavy (non-hydrogen) atoms. The van der Waals surface area contributed by atoms with E-state index in [0.717, 1.165) is 0 Å². The van der Waals surface area contributed by atoms with E-state index in [4.69, 9.17) is 24.5 Å². The maximum atomic E-state index is 9.05. The molecule has 0 bridgehead atoms. The third-order valence-electron chi connectivity index (χ3n) is 2.25. The zero-order valence-electron chi connectivity index (χ0n) is 8.04. The molecule has 6 heteroatoms. The average Bonchev–Trinajstić information content (AvgIpc) is 2.69. The summed E-state index contributed by atoms with van der Waals surface area (Å²) in [4.78, 5) is 0. The predicted octanol–water partition coefficient (Wildman–Crippen LogP) is -1.15. The van der Waals surface area contributed by atoms with Crippen LogP contribution in [0.3, 0.4) is 0 Å². The molecule has 0 unspecified atom stereocenters. The normalized spacial score (nSPS) is 18.3. The van der Waals surface area contributed by atoms with Crippen LogP contribution in [0.4, 0.5) is 0 Å². The maximum absolute atomic E-state index is 9.05. The summed E-state index contributed by atoms with van der Waals surface area (Å²) in [6.45, 7) is -2.42. The Morgan fingerprint density at radius 3 is 2.40 bits per heavy atom. The fourth-order valence-corrected chi connectivity index (χ4v) is 1.50. The molecule has 1 aromatic rings. The molecule has 0 aromatic heterocycles. The molecule has 82 valence electrons. The lowest BCUT2D eigenvalue weighted by atomic mass is 9.70. The summed E-state index contributed by atoms with van der Waals surface area (Å²) in [5.74, 6) is 0. The van der Waals surface area contributed by atoms with E-state index in [0.29, 0.717) is 18.8 Å². The van der Waals surface area contributed by atoms with Crippen LogP contribution in [-0.4, -0.2) is 35.0 Å². The van der Waals surface area contributed by atoms with Gasteiger partial charge in [0.05, 0.1) is 13.2 Å². The van der Waals surface area contributed by atoms with Gasteiger partial charge in [-0.3, -0.25) is 0 Å². The van der Waals surface area contributed by atoms with Crippen LogP contribution in [-0.2, 0) is 9.47 Å². The van der Waals surface area contributed by atoms with Crippen molar-refractivity contribution >= 4 is 12.2 Å². The van der Waals surface area contributed by atoms with E-state index in [1.54, 1.807) is 12.1 Å². The van der Waals surface area contributed by atoms with Gasteiger partial charge < -0.3 is 24.5 Å². The largest absolute Gasteiger partial charge is 0.556 e. The van der Waals surface area contributed by atoms with Gasteiger partial charge in [-0.1, -0.05) is 24.3 Å². The molecule has 1 heterocycles. The number of rotatable bonds is 2. The quantitative estimate of drug-likeness (QED) is 0.538. The van der Waals surface area contributed by atoms with Crippen LogP contribution in [0.2, 0.25) is 0 Å². The zero-order valence-corrected chi connectivity index (χ0v) is 8.04. The Kier molecular flexibility index (Phi) is 2.77. The fourth-order valence-electron chi connectivity index (χ4n) is 1.50. The minimum Gasteiger partial charge on any atom is -0.556 e. The number of hydrogen-bond acceptors (Lipinski definition) is 5. The van der Waals surface area contributed by atoms with Gasteiger partial charge in [0, 0.05) is 5.56 Å². The molecule has 0 spiro atoms. The molecule has 1 aromatic carbocycles. The second-order valence-corrected chi connectivity index (χ2v) is 3.48. The molecular weight excluding hydrogens is 199 g/mol. The van der Waals surface area contributed by atoms with E-state index in [1.165, 1.54) is 12.1 Å². The second kappa shape index (κ2) is 3.92. The zero-order chi connectivity index (χ0) is 10.9. The third-order valence-corrected chi connectivity index (χ3v) is 2.25. The van der Waals surface area contributed by atoms with Crippen LogP contribution in [0.1, 0.15) is 11.9 Å². The van der Waals surface area contributed by atoms with E-state index in [1.807, 2.05) is 0 Å². The average molecular weight is 211 g/mol. The van der Waals surface area contributed by atoms with Gasteiger partial charge in [-0.05, 0) is 0 Å². The highest BCUT2D eigenvalue weighted by Gasteiger charge is 2.22. The van der Waals surface area contributed by atoms with E-state index in [9.17, 15) is 0 Å². The van der Waals surface area contributed by atoms with E-state index >= 15 is 0 Å². The molecule has 1 fully saturated rings. The first-order chi connectivity index (χ1) is 7.07. The molecule has 1 aliphatic heterocycles. The van der Waals surface area contributed by atoms with Crippen molar-refractivity contribution in [2.45, 2.75) is 6.29 Å². The minimum absolute atomic E-state index is 0.0478.